The number of carbonyl (C=O) groups is 1. The average molecular weight is 144 g/mol. The van der Waals surface area contributed by atoms with E-state index in [-0.39, 0.29) is 12.1 Å². The van der Waals surface area contributed by atoms with Gasteiger partial charge in [-0.1, -0.05) is 0 Å². The zero-order chi connectivity index (χ0) is 7.56. The molecule has 1 aliphatic rings. The minimum atomic E-state index is -0.172. The van der Waals surface area contributed by atoms with Gasteiger partial charge in [0.25, 0.3) is 0 Å². The van der Waals surface area contributed by atoms with Crippen LogP contribution in [0.3, 0.4) is 0 Å². The summed E-state index contributed by atoms with van der Waals surface area (Å²) >= 11 is 0. The van der Waals surface area contributed by atoms with Crippen LogP contribution in [0, 0.1) is 5.92 Å². The highest BCUT2D eigenvalue weighted by Gasteiger charge is 2.28. The van der Waals surface area contributed by atoms with Gasteiger partial charge in [0.05, 0.1) is 13.2 Å². The molecule has 0 aromatic carbocycles. The number of hydrogen-bond donors (Lipinski definition) is 1. The molecule has 0 heterocycles. The quantitative estimate of drug-likeness (QED) is 0.568. The summed E-state index contributed by atoms with van der Waals surface area (Å²) in [6, 6.07) is 0. The smallest absolute Gasteiger partial charge is 0.305 e. The molecule has 1 aliphatic carbocycles. The fraction of sp³-hybridized carbons (Fsp3) is 0.857. The van der Waals surface area contributed by atoms with E-state index < -0.39 is 0 Å². The molecule has 0 aromatic rings. The molecule has 1 N–H and O–H groups in total. The SMILES string of the molecule is COC(=O)CC1CC(O)C1. The molecule has 3 heteroatoms. The maximum atomic E-state index is 10.6. The molecule has 58 valence electrons. The summed E-state index contributed by atoms with van der Waals surface area (Å²) < 4.78 is 4.47. The van der Waals surface area contributed by atoms with Gasteiger partial charge in [0, 0.05) is 6.42 Å². The fourth-order valence-electron chi connectivity index (χ4n) is 1.19. The Morgan fingerprint density at radius 2 is 2.30 bits per heavy atom. The van der Waals surface area contributed by atoms with Crippen molar-refractivity contribution in [3.8, 4) is 0 Å². The standard InChI is InChI=1S/C7H12O3/c1-10-7(9)4-5-2-6(8)3-5/h5-6,8H,2-4H2,1H3. The molecular weight excluding hydrogens is 132 g/mol. The Morgan fingerprint density at radius 3 is 2.70 bits per heavy atom. The van der Waals surface area contributed by atoms with Gasteiger partial charge in [0.1, 0.15) is 0 Å². The topological polar surface area (TPSA) is 46.5 Å². The van der Waals surface area contributed by atoms with Crippen LogP contribution < -0.4 is 0 Å². The Labute approximate surface area is 60.0 Å². The normalized spacial score (nSPS) is 31.0. The number of carbonyl (C=O) groups excluding carboxylic acids is 1. The Morgan fingerprint density at radius 1 is 1.70 bits per heavy atom. The van der Waals surface area contributed by atoms with E-state index in [1.807, 2.05) is 0 Å². The second kappa shape index (κ2) is 3.01. The molecule has 1 fully saturated rings. The molecule has 0 bridgehead atoms. The average Bonchev–Trinajstić information content (AvgIpc) is 1.84. The van der Waals surface area contributed by atoms with Crippen LogP contribution in [0.4, 0.5) is 0 Å². The maximum Gasteiger partial charge on any atom is 0.305 e. The van der Waals surface area contributed by atoms with Gasteiger partial charge in [-0.25, -0.2) is 0 Å². The van der Waals surface area contributed by atoms with Crippen molar-refractivity contribution in [3.63, 3.8) is 0 Å². The number of methoxy groups -OCH3 is 1. The van der Waals surface area contributed by atoms with Gasteiger partial charge in [0.15, 0.2) is 0 Å². The van der Waals surface area contributed by atoms with E-state index >= 15 is 0 Å². The summed E-state index contributed by atoms with van der Waals surface area (Å²) in [5.41, 5.74) is 0. The number of aliphatic hydroxyl groups is 1. The van der Waals surface area contributed by atoms with Crippen LogP contribution in [0.2, 0.25) is 0 Å². The molecule has 0 spiro atoms. The molecule has 10 heavy (non-hydrogen) atoms. The molecule has 1 rings (SSSR count). The minimum absolute atomic E-state index is 0.170. The zero-order valence-corrected chi connectivity index (χ0v) is 6.04. The monoisotopic (exact) mass is 144 g/mol. The lowest BCUT2D eigenvalue weighted by molar-refractivity contribution is -0.143. The third kappa shape index (κ3) is 1.70. The van der Waals surface area contributed by atoms with Crippen LogP contribution in [-0.2, 0) is 9.53 Å². The van der Waals surface area contributed by atoms with Gasteiger partial charge < -0.3 is 9.84 Å². The van der Waals surface area contributed by atoms with Crippen molar-refractivity contribution in [2.45, 2.75) is 25.4 Å². The molecule has 0 aliphatic heterocycles. The second-order valence-electron chi connectivity index (χ2n) is 2.77. The van der Waals surface area contributed by atoms with Gasteiger partial charge >= 0.3 is 5.97 Å². The molecule has 0 unspecified atom stereocenters. The van der Waals surface area contributed by atoms with Crippen molar-refractivity contribution in [1.82, 2.24) is 0 Å². The largest absolute Gasteiger partial charge is 0.469 e. The predicted octanol–water partition coefficient (Wildman–Crippen LogP) is 0.320. The fourth-order valence-corrected chi connectivity index (χ4v) is 1.19. The van der Waals surface area contributed by atoms with E-state index in [1.165, 1.54) is 7.11 Å². The van der Waals surface area contributed by atoms with Crippen molar-refractivity contribution in [2.75, 3.05) is 7.11 Å². The van der Waals surface area contributed by atoms with Crippen LogP contribution >= 0.6 is 0 Å². The lowest BCUT2D eigenvalue weighted by Gasteiger charge is -2.30. The number of aliphatic hydroxyl groups excluding tert-OH is 1. The van der Waals surface area contributed by atoms with E-state index in [0.717, 1.165) is 12.8 Å². The van der Waals surface area contributed by atoms with E-state index in [1.54, 1.807) is 0 Å². The molecule has 1 saturated carbocycles. The van der Waals surface area contributed by atoms with Crippen molar-refractivity contribution in [1.29, 1.82) is 0 Å². The van der Waals surface area contributed by atoms with Gasteiger partial charge in [-0.15, -0.1) is 0 Å². The highest BCUT2D eigenvalue weighted by Crippen LogP contribution is 2.29. The Hall–Kier alpha value is -0.570. The minimum Gasteiger partial charge on any atom is -0.469 e. The number of hydrogen-bond acceptors (Lipinski definition) is 3. The van der Waals surface area contributed by atoms with E-state index in [0.29, 0.717) is 12.3 Å². The van der Waals surface area contributed by atoms with Crippen LogP contribution in [-0.4, -0.2) is 24.3 Å². The van der Waals surface area contributed by atoms with E-state index in [2.05, 4.69) is 4.74 Å². The molecule has 0 atom stereocenters. The summed E-state index contributed by atoms with van der Waals surface area (Å²) in [7, 11) is 1.39. The molecule has 3 nitrogen and oxygen atoms in total. The molecule has 0 aromatic heterocycles. The summed E-state index contributed by atoms with van der Waals surface area (Å²) in [6.45, 7) is 0. The van der Waals surface area contributed by atoms with Gasteiger partial charge in [0.2, 0.25) is 0 Å². The van der Waals surface area contributed by atoms with Crippen molar-refractivity contribution in [3.05, 3.63) is 0 Å². The lowest BCUT2D eigenvalue weighted by Crippen LogP contribution is -2.30. The van der Waals surface area contributed by atoms with Crippen molar-refractivity contribution < 1.29 is 14.6 Å². The Kier molecular flexibility index (Phi) is 2.27. The van der Waals surface area contributed by atoms with Gasteiger partial charge in [-0.05, 0) is 18.8 Å². The van der Waals surface area contributed by atoms with Crippen LogP contribution in [0.5, 0.6) is 0 Å². The van der Waals surface area contributed by atoms with Gasteiger partial charge in [-0.2, -0.15) is 0 Å². The van der Waals surface area contributed by atoms with Gasteiger partial charge in [-0.3, -0.25) is 4.79 Å². The molecule has 0 radical (unpaired) electrons. The Balaban J connectivity index is 2.10. The van der Waals surface area contributed by atoms with Crippen molar-refractivity contribution in [2.24, 2.45) is 5.92 Å². The summed E-state index contributed by atoms with van der Waals surface area (Å²) in [5, 5.41) is 8.85. The highest BCUT2D eigenvalue weighted by atomic mass is 16.5. The molecular formula is C7H12O3. The van der Waals surface area contributed by atoms with E-state index in [9.17, 15) is 4.79 Å². The number of ether oxygens (including phenoxy) is 1. The predicted molar refractivity (Wildman–Crippen MR) is 35.4 cm³/mol. The lowest BCUT2D eigenvalue weighted by atomic mass is 9.80. The summed E-state index contributed by atoms with van der Waals surface area (Å²) in [4.78, 5) is 10.6. The summed E-state index contributed by atoms with van der Waals surface area (Å²) in [6.07, 6.45) is 1.81. The zero-order valence-electron chi connectivity index (χ0n) is 6.04. The van der Waals surface area contributed by atoms with E-state index in [4.69, 9.17) is 5.11 Å². The molecule has 0 amide bonds. The first-order chi connectivity index (χ1) is 4.72. The first-order valence-electron chi connectivity index (χ1n) is 3.47. The molecule has 0 saturated heterocycles. The second-order valence-corrected chi connectivity index (χ2v) is 2.77. The van der Waals surface area contributed by atoms with Crippen LogP contribution in [0.1, 0.15) is 19.3 Å². The Bertz CT molecular complexity index is 127. The third-order valence-corrected chi connectivity index (χ3v) is 1.89. The van der Waals surface area contributed by atoms with Crippen molar-refractivity contribution >= 4 is 5.97 Å². The maximum absolute atomic E-state index is 10.6. The third-order valence-electron chi connectivity index (χ3n) is 1.89. The van der Waals surface area contributed by atoms with Crippen LogP contribution in [0.25, 0.3) is 0 Å². The first kappa shape index (κ1) is 7.54. The van der Waals surface area contributed by atoms with Crippen LogP contribution in [0.15, 0.2) is 0 Å². The number of esters is 1. The number of rotatable bonds is 2. The first-order valence-corrected chi connectivity index (χ1v) is 3.47. The summed E-state index contributed by atoms with van der Waals surface area (Å²) in [5.74, 6) is 0.194. The highest BCUT2D eigenvalue weighted by molar-refractivity contribution is 5.69.